The molecular weight excluding hydrogens is 331 g/mol. The summed E-state index contributed by atoms with van der Waals surface area (Å²) in [5, 5.41) is 1.02. The Labute approximate surface area is 156 Å². The van der Waals surface area contributed by atoms with Gasteiger partial charge in [0.15, 0.2) is 0 Å². The number of fused-ring (bicyclic) bond motifs is 1. The van der Waals surface area contributed by atoms with Gasteiger partial charge in [-0.25, -0.2) is 4.39 Å². The molecule has 0 radical (unpaired) electrons. The van der Waals surface area contributed by atoms with Gasteiger partial charge >= 0.3 is 0 Å². The molecule has 1 aromatic heterocycles. The number of nitrogens with zero attached hydrogens (tertiary/aromatic N) is 1. The summed E-state index contributed by atoms with van der Waals surface area (Å²) in [4.78, 5) is 0. The molecule has 0 atom stereocenters. The summed E-state index contributed by atoms with van der Waals surface area (Å²) < 4.78 is 20.5. The van der Waals surface area contributed by atoms with Crippen LogP contribution in [0.4, 0.5) is 4.39 Å². The lowest BCUT2D eigenvalue weighted by Gasteiger charge is -2.20. The third kappa shape index (κ3) is 5.49. The first kappa shape index (κ1) is 20.3. The number of nitrogens with one attached hydrogen (secondary N) is 1. The van der Waals surface area contributed by atoms with Crippen molar-refractivity contribution in [1.29, 1.82) is 0 Å². The van der Waals surface area contributed by atoms with Crippen LogP contribution in [-0.2, 0) is 13.1 Å². The van der Waals surface area contributed by atoms with Gasteiger partial charge in [-0.2, -0.15) is 0 Å². The minimum absolute atomic E-state index is 0.0965. The Morgan fingerprint density at radius 2 is 1.76 bits per heavy atom. The standard InChI is InChI=1S/C21H33FN2S/c1-14(2)16-10-19-17(9-18(16)22)15(11-23-25-21(6,7)8)12-24(19)13-20(3,4)5/h9-10,12,14,23H,11,13H2,1-8H3. The summed E-state index contributed by atoms with van der Waals surface area (Å²) >= 11 is 1.72. The number of hydrogen-bond donors (Lipinski definition) is 1. The molecule has 1 heterocycles. The largest absolute Gasteiger partial charge is 0.347 e. The Bertz CT molecular complexity index is 733. The highest BCUT2D eigenvalue weighted by molar-refractivity contribution is 7.98. The van der Waals surface area contributed by atoms with Crippen molar-refractivity contribution in [2.75, 3.05) is 0 Å². The molecule has 2 nitrogen and oxygen atoms in total. The van der Waals surface area contributed by atoms with Crippen molar-refractivity contribution >= 4 is 22.9 Å². The Hall–Kier alpha value is -1.00. The van der Waals surface area contributed by atoms with Crippen LogP contribution in [0, 0.1) is 11.2 Å². The van der Waals surface area contributed by atoms with Gasteiger partial charge < -0.3 is 4.57 Å². The van der Waals surface area contributed by atoms with Gasteiger partial charge in [0.1, 0.15) is 5.82 Å². The highest BCUT2D eigenvalue weighted by Gasteiger charge is 2.19. The van der Waals surface area contributed by atoms with Gasteiger partial charge in [-0.05, 0) is 55.4 Å². The van der Waals surface area contributed by atoms with E-state index >= 15 is 0 Å². The molecule has 0 bridgehead atoms. The normalized spacial score (nSPS) is 13.2. The summed E-state index contributed by atoms with van der Waals surface area (Å²) in [6, 6.07) is 3.77. The minimum atomic E-state index is -0.0965. The van der Waals surface area contributed by atoms with E-state index in [-0.39, 0.29) is 21.9 Å². The van der Waals surface area contributed by atoms with E-state index in [9.17, 15) is 4.39 Å². The van der Waals surface area contributed by atoms with Crippen LogP contribution in [0.25, 0.3) is 10.9 Å². The monoisotopic (exact) mass is 364 g/mol. The lowest BCUT2D eigenvalue weighted by Crippen LogP contribution is -2.16. The summed E-state index contributed by atoms with van der Waals surface area (Å²) in [7, 11) is 0. The first-order valence-electron chi connectivity index (χ1n) is 9.09. The van der Waals surface area contributed by atoms with Crippen LogP contribution in [0.1, 0.15) is 72.4 Å². The molecule has 0 aliphatic carbocycles. The fourth-order valence-corrected chi connectivity index (χ4v) is 3.62. The first-order valence-corrected chi connectivity index (χ1v) is 9.91. The average molecular weight is 365 g/mol. The molecule has 1 aromatic carbocycles. The van der Waals surface area contributed by atoms with Gasteiger partial charge in [0.05, 0.1) is 0 Å². The predicted octanol–water partition coefficient (Wildman–Crippen LogP) is 6.49. The van der Waals surface area contributed by atoms with Crippen LogP contribution >= 0.6 is 11.9 Å². The van der Waals surface area contributed by atoms with Crippen molar-refractivity contribution in [2.45, 2.75) is 79.1 Å². The summed E-state index contributed by atoms with van der Waals surface area (Å²) in [5.41, 5.74) is 3.26. The van der Waals surface area contributed by atoms with E-state index < -0.39 is 0 Å². The zero-order chi connectivity index (χ0) is 19.0. The zero-order valence-electron chi connectivity index (χ0n) is 17.0. The second kappa shape index (κ2) is 7.32. The van der Waals surface area contributed by atoms with Crippen molar-refractivity contribution in [3.63, 3.8) is 0 Å². The van der Waals surface area contributed by atoms with Crippen LogP contribution < -0.4 is 4.72 Å². The van der Waals surface area contributed by atoms with Gasteiger partial charge in [0.2, 0.25) is 0 Å². The Morgan fingerprint density at radius 1 is 1.12 bits per heavy atom. The van der Waals surface area contributed by atoms with E-state index in [2.05, 4.69) is 57.0 Å². The number of benzene rings is 1. The molecule has 0 saturated carbocycles. The zero-order valence-corrected chi connectivity index (χ0v) is 17.8. The molecule has 2 aromatic rings. The molecule has 2 rings (SSSR count). The maximum absolute atomic E-state index is 14.6. The van der Waals surface area contributed by atoms with E-state index in [1.54, 1.807) is 18.0 Å². The number of rotatable bonds is 5. The molecule has 4 heteroatoms. The molecule has 0 unspecified atom stereocenters. The van der Waals surface area contributed by atoms with Crippen LogP contribution in [-0.4, -0.2) is 9.31 Å². The topological polar surface area (TPSA) is 17.0 Å². The molecular formula is C21H33FN2S. The average Bonchev–Trinajstić information content (AvgIpc) is 2.71. The smallest absolute Gasteiger partial charge is 0.127 e. The van der Waals surface area contributed by atoms with Crippen LogP contribution in [0.2, 0.25) is 0 Å². The molecule has 0 aliphatic rings. The molecule has 25 heavy (non-hydrogen) atoms. The van der Waals surface area contributed by atoms with E-state index in [0.717, 1.165) is 35.1 Å². The highest BCUT2D eigenvalue weighted by Crippen LogP contribution is 2.31. The Kier molecular flexibility index (Phi) is 5.95. The number of hydrogen-bond acceptors (Lipinski definition) is 2. The SMILES string of the molecule is CC(C)c1cc2c(cc1F)c(CNSC(C)(C)C)cn2CC(C)(C)C. The van der Waals surface area contributed by atoms with Gasteiger partial charge in [0.25, 0.3) is 0 Å². The van der Waals surface area contributed by atoms with Crippen molar-refractivity contribution in [3.05, 3.63) is 35.3 Å². The lowest BCUT2D eigenvalue weighted by atomic mass is 9.96. The second-order valence-corrected chi connectivity index (χ2v) is 11.1. The van der Waals surface area contributed by atoms with Crippen molar-refractivity contribution in [3.8, 4) is 0 Å². The third-order valence-corrected chi connectivity index (χ3v) is 4.89. The maximum atomic E-state index is 14.6. The van der Waals surface area contributed by atoms with Gasteiger partial charge in [-0.1, -0.05) is 46.6 Å². The maximum Gasteiger partial charge on any atom is 0.127 e. The highest BCUT2D eigenvalue weighted by atomic mass is 32.2. The summed E-state index contributed by atoms with van der Waals surface area (Å²) in [5.74, 6) is 0.0844. The molecule has 0 saturated heterocycles. The molecule has 0 spiro atoms. The number of halogens is 1. The number of aromatic nitrogens is 1. The van der Waals surface area contributed by atoms with Crippen molar-refractivity contribution in [1.82, 2.24) is 9.29 Å². The minimum Gasteiger partial charge on any atom is -0.347 e. The Balaban J connectivity index is 2.45. The van der Waals surface area contributed by atoms with Crippen LogP contribution in [0.15, 0.2) is 18.3 Å². The summed E-state index contributed by atoms with van der Waals surface area (Å²) in [6.45, 7) is 19.0. The predicted molar refractivity (Wildman–Crippen MR) is 110 cm³/mol. The quantitative estimate of drug-likeness (QED) is 0.611. The molecule has 140 valence electrons. The van der Waals surface area contributed by atoms with E-state index in [1.807, 2.05) is 19.9 Å². The van der Waals surface area contributed by atoms with Crippen LogP contribution in [0.3, 0.4) is 0 Å². The van der Waals surface area contributed by atoms with E-state index in [4.69, 9.17) is 0 Å². The van der Waals surface area contributed by atoms with Crippen molar-refractivity contribution in [2.24, 2.45) is 5.41 Å². The molecule has 0 amide bonds. The van der Waals surface area contributed by atoms with Crippen LogP contribution in [0.5, 0.6) is 0 Å². The van der Waals surface area contributed by atoms with E-state index in [0.29, 0.717) is 0 Å². The van der Waals surface area contributed by atoms with Gasteiger partial charge in [-0.15, -0.1) is 0 Å². The first-order chi connectivity index (χ1) is 11.4. The fraction of sp³-hybridized carbons (Fsp3) is 0.619. The summed E-state index contributed by atoms with van der Waals surface area (Å²) in [6.07, 6.45) is 2.19. The Morgan fingerprint density at radius 3 is 2.28 bits per heavy atom. The van der Waals surface area contributed by atoms with Crippen molar-refractivity contribution < 1.29 is 4.39 Å². The third-order valence-electron chi connectivity index (χ3n) is 3.99. The van der Waals surface area contributed by atoms with Gasteiger partial charge in [-0.3, -0.25) is 4.72 Å². The molecule has 0 aliphatic heterocycles. The van der Waals surface area contributed by atoms with Gasteiger partial charge in [0, 0.05) is 34.9 Å². The molecule has 0 fully saturated rings. The lowest BCUT2D eigenvalue weighted by molar-refractivity contribution is 0.349. The van der Waals surface area contributed by atoms with E-state index in [1.165, 1.54) is 0 Å². The second-order valence-electron chi connectivity index (χ2n) is 9.42. The molecule has 1 N–H and O–H groups in total. The fourth-order valence-electron chi connectivity index (χ4n) is 2.96.